The Bertz CT molecular complexity index is 51.3. The number of ether oxygens (including phenoxy) is 1. The zero-order chi connectivity index (χ0) is 6.62. The van der Waals surface area contributed by atoms with Crippen molar-refractivity contribution in [1.82, 2.24) is 0 Å². The van der Waals surface area contributed by atoms with Gasteiger partial charge in [-0.2, -0.15) is 0 Å². The molecule has 0 aliphatic carbocycles. The Morgan fingerprint density at radius 1 is 1.62 bits per heavy atom. The molecule has 0 fully saturated rings. The molecule has 1 atom stereocenters. The van der Waals surface area contributed by atoms with Gasteiger partial charge in [0.1, 0.15) is 0 Å². The van der Waals surface area contributed by atoms with Crippen molar-refractivity contribution in [3.8, 4) is 0 Å². The predicted octanol–water partition coefficient (Wildman–Crippen LogP) is 1.51. The molecular formula is C6H14OTe. The van der Waals surface area contributed by atoms with E-state index in [9.17, 15) is 0 Å². The number of hydrogen-bond donors (Lipinski definition) is 0. The number of hydrogen-bond acceptors (Lipinski definition) is 1. The summed E-state index contributed by atoms with van der Waals surface area (Å²) in [6.45, 7) is 4.37. The van der Waals surface area contributed by atoms with E-state index in [1.165, 1.54) is 0 Å². The molecular weight excluding hydrogens is 216 g/mol. The van der Waals surface area contributed by atoms with Crippen LogP contribution in [0, 0.1) is 0 Å². The van der Waals surface area contributed by atoms with Crippen LogP contribution in [0.25, 0.3) is 0 Å². The van der Waals surface area contributed by atoms with Crippen molar-refractivity contribution in [3.05, 3.63) is 0 Å². The second kappa shape index (κ2) is 3.71. The summed E-state index contributed by atoms with van der Waals surface area (Å²) in [6, 6.07) is 0. The molecule has 0 bridgehead atoms. The normalized spacial score (nSPS) is 18.0. The van der Waals surface area contributed by atoms with E-state index < -0.39 is 0 Å². The first-order valence-corrected chi connectivity index (χ1v) is 6.28. The van der Waals surface area contributed by atoms with Crippen molar-refractivity contribution >= 4 is 20.9 Å². The molecule has 0 radical (unpaired) electrons. The first kappa shape index (κ1) is 8.75. The molecule has 0 aliphatic heterocycles. The van der Waals surface area contributed by atoms with Gasteiger partial charge in [-0.15, -0.1) is 0 Å². The van der Waals surface area contributed by atoms with Crippen LogP contribution in [0.1, 0.15) is 20.3 Å². The molecule has 2 heteroatoms. The summed E-state index contributed by atoms with van der Waals surface area (Å²) in [5.41, 5.74) is 0. The first-order chi connectivity index (χ1) is 3.68. The van der Waals surface area contributed by atoms with Gasteiger partial charge in [-0.1, -0.05) is 0 Å². The van der Waals surface area contributed by atoms with Crippen LogP contribution in [-0.2, 0) is 4.74 Å². The third-order valence-electron chi connectivity index (χ3n) is 1.51. The molecule has 0 rings (SSSR count). The van der Waals surface area contributed by atoms with E-state index in [0.717, 1.165) is 6.42 Å². The molecule has 0 N–H and O–H groups in total. The third kappa shape index (κ3) is 2.35. The van der Waals surface area contributed by atoms with Crippen LogP contribution in [0.3, 0.4) is 0 Å². The minimum atomic E-state index is 0.0789. The maximum absolute atomic E-state index is 5.29. The van der Waals surface area contributed by atoms with Gasteiger partial charge in [0.25, 0.3) is 0 Å². The summed E-state index contributed by atoms with van der Waals surface area (Å²) in [6.07, 6.45) is 1.16. The average Bonchev–Trinajstić information content (AvgIpc) is 1.87. The average molecular weight is 230 g/mol. The fraction of sp³-hybridized carbons (Fsp3) is 1.00. The molecule has 0 saturated heterocycles. The molecule has 0 amide bonds. The van der Waals surface area contributed by atoms with Crippen LogP contribution >= 0.6 is 0 Å². The Hall–Kier alpha value is 0.750. The van der Waals surface area contributed by atoms with Crippen LogP contribution in [-0.4, -0.2) is 31.7 Å². The van der Waals surface area contributed by atoms with Gasteiger partial charge in [0.15, 0.2) is 0 Å². The van der Waals surface area contributed by atoms with Gasteiger partial charge in [0, 0.05) is 0 Å². The Morgan fingerprint density at radius 2 is 2.12 bits per heavy atom. The van der Waals surface area contributed by atoms with E-state index in [1.54, 1.807) is 7.11 Å². The minimum absolute atomic E-state index is 0.0789. The molecule has 1 nitrogen and oxygen atoms in total. The quantitative estimate of drug-likeness (QED) is 0.667. The summed E-state index contributed by atoms with van der Waals surface area (Å²) < 4.78 is 5.55. The second-order valence-corrected chi connectivity index (χ2v) is 5.53. The number of methoxy groups -OCH3 is 1. The van der Waals surface area contributed by atoms with Crippen molar-refractivity contribution in [3.63, 3.8) is 0 Å². The molecule has 0 heterocycles. The summed E-state index contributed by atoms with van der Waals surface area (Å²) in [5.74, 6) is 0. The van der Waals surface area contributed by atoms with E-state index >= 15 is 0 Å². The predicted molar refractivity (Wildman–Crippen MR) is 37.3 cm³/mol. The summed E-state index contributed by atoms with van der Waals surface area (Å²) >= 11 is 0.0789. The molecule has 0 saturated carbocycles. The summed E-state index contributed by atoms with van der Waals surface area (Å²) in [5, 5.41) is 0. The monoisotopic (exact) mass is 232 g/mol. The SMILES string of the molecule is CCC(C)(OC)[Te]C. The Balaban J connectivity index is 3.58. The van der Waals surface area contributed by atoms with E-state index in [2.05, 4.69) is 18.8 Å². The van der Waals surface area contributed by atoms with Gasteiger partial charge in [0.05, 0.1) is 0 Å². The van der Waals surface area contributed by atoms with Crippen LogP contribution < -0.4 is 0 Å². The fourth-order valence-corrected chi connectivity index (χ4v) is 1.67. The molecule has 0 aromatic heterocycles. The van der Waals surface area contributed by atoms with Crippen molar-refractivity contribution in [2.24, 2.45) is 0 Å². The molecule has 50 valence electrons. The standard InChI is InChI=1S/C6H14OTe/c1-5-6(2,7-3)8-4/h5H2,1-4H3. The van der Waals surface area contributed by atoms with Crippen LogP contribution in [0.15, 0.2) is 0 Å². The van der Waals surface area contributed by atoms with Gasteiger partial charge in [-0.05, 0) is 0 Å². The molecule has 0 aromatic carbocycles. The van der Waals surface area contributed by atoms with Gasteiger partial charge >= 0.3 is 61.7 Å². The Labute approximate surface area is 61.9 Å². The molecule has 0 aromatic rings. The zero-order valence-corrected chi connectivity index (χ0v) is 8.35. The molecule has 0 aliphatic rings. The Morgan fingerprint density at radius 3 is 2.12 bits per heavy atom. The van der Waals surface area contributed by atoms with Crippen molar-refractivity contribution in [2.75, 3.05) is 7.11 Å². The second-order valence-electron chi connectivity index (χ2n) is 1.90. The van der Waals surface area contributed by atoms with E-state index in [1.807, 2.05) is 0 Å². The van der Waals surface area contributed by atoms with Crippen LogP contribution in [0.4, 0.5) is 0 Å². The zero-order valence-electron chi connectivity index (χ0n) is 6.02. The van der Waals surface area contributed by atoms with Gasteiger partial charge in [-0.3, -0.25) is 0 Å². The fourth-order valence-electron chi connectivity index (χ4n) is 0.372. The van der Waals surface area contributed by atoms with Crippen LogP contribution in [0.2, 0.25) is 4.97 Å². The van der Waals surface area contributed by atoms with Gasteiger partial charge in [-0.25, -0.2) is 0 Å². The third-order valence-corrected chi connectivity index (χ3v) is 5.27. The van der Waals surface area contributed by atoms with Crippen molar-refractivity contribution in [2.45, 2.75) is 28.9 Å². The summed E-state index contributed by atoms with van der Waals surface area (Å²) in [7, 11) is 1.80. The summed E-state index contributed by atoms with van der Waals surface area (Å²) in [4.78, 5) is 2.28. The molecule has 0 spiro atoms. The van der Waals surface area contributed by atoms with Gasteiger partial charge in [0.2, 0.25) is 0 Å². The van der Waals surface area contributed by atoms with Crippen molar-refractivity contribution in [1.29, 1.82) is 0 Å². The number of rotatable bonds is 3. The van der Waals surface area contributed by atoms with E-state index in [-0.39, 0.29) is 24.6 Å². The topological polar surface area (TPSA) is 9.23 Å². The molecule has 8 heavy (non-hydrogen) atoms. The van der Waals surface area contributed by atoms with E-state index in [4.69, 9.17) is 4.74 Å². The first-order valence-electron chi connectivity index (χ1n) is 2.79. The Kier molecular flexibility index (Phi) is 4.06. The van der Waals surface area contributed by atoms with E-state index in [0.29, 0.717) is 0 Å². The van der Waals surface area contributed by atoms with Crippen LogP contribution in [0.5, 0.6) is 0 Å². The maximum atomic E-state index is 5.29. The van der Waals surface area contributed by atoms with Gasteiger partial charge < -0.3 is 0 Å². The van der Waals surface area contributed by atoms with Crippen molar-refractivity contribution < 1.29 is 4.74 Å². The molecule has 1 unspecified atom stereocenters.